The number of carbonyl (C=O) groups excluding carboxylic acids is 1. The number of halogens is 1. The van der Waals surface area contributed by atoms with Gasteiger partial charge in [0.15, 0.2) is 23.1 Å². The highest BCUT2D eigenvalue weighted by atomic mass is 19.1. The zero-order valence-corrected chi connectivity index (χ0v) is 10.2. The van der Waals surface area contributed by atoms with Gasteiger partial charge in [0, 0.05) is 17.5 Å². The number of rotatable bonds is 5. The Labute approximate surface area is 99.5 Å². The Balaban J connectivity index is 3.35. The molecular formula is C12H16FNO3. The SMILES string of the molecule is COc1c(F)cc(C(=O)CCN)c(C)c1OC. The van der Waals surface area contributed by atoms with E-state index in [1.807, 2.05) is 0 Å². The normalized spacial score (nSPS) is 10.2. The van der Waals surface area contributed by atoms with E-state index in [2.05, 4.69) is 0 Å². The lowest BCUT2D eigenvalue weighted by atomic mass is 10.0. The van der Waals surface area contributed by atoms with Gasteiger partial charge in [0.05, 0.1) is 14.2 Å². The maximum absolute atomic E-state index is 13.7. The third-order valence-electron chi connectivity index (χ3n) is 2.52. The molecule has 0 aliphatic carbocycles. The molecule has 17 heavy (non-hydrogen) atoms. The summed E-state index contributed by atoms with van der Waals surface area (Å²) in [6.07, 6.45) is 0.176. The predicted octanol–water partition coefficient (Wildman–Crippen LogP) is 1.68. The minimum absolute atomic E-state index is 0.00861. The van der Waals surface area contributed by atoms with E-state index in [1.165, 1.54) is 14.2 Å². The maximum Gasteiger partial charge on any atom is 0.197 e. The molecule has 1 aromatic rings. The number of ether oxygens (including phenoxy) is 2. The quantitative estimate of drug-likeness (QED) is 0.797. The second kappa shape index (κ2) is 5.63. The van der Waals surface area contributed by atoms with Crippen molar-refractivity contribution in [3.63, 3.8) is 0 Å². The lowest BCUT2D eigenvalue weighted by molar-refractivity contribution is 0.0984. The zero-order chi connectivity index (χ0) is 13.0. The third-order valence-corrected chi connectivity index (χ3v) is 2.52. The van der Waals surface area contributed by atoms with Gasteiger partial charge < -0.3 is 15.2 Å². The first-order valence-corrected chi connectivity index (χ1v) is 5.21. The molecule has 1 rings (SSSR count). The number of hydrogen-bond donors (Lipinski definition) is 1. The summed E-state index contributed by atoms with van der Waals surface area (Å²) in [4.78, 5) is 11.7. The summed E-state index contributed by atoms with van der Waals surface area (Å²) >= 11 is 0. The Kier molecular flexibility index (Phi) is 4.45. The molecule has 1 aromatic carbocycles. The highest BCUT2D eigenvalue weighted by molar-refractivity contribution is 5.98. The van der Waals surface area contributed by atoms with Crippen molar-refractivity contribution in [2.45, 2.75) is 13.3 Å². The topological polar surface area (TPSA) is 61.5 Å². The molecule has 0 saturated carbocycles. The van der Waals surface area contributed by atoms with Crippen LogP contribution in [0.25, 0.3) is 0 Å². The molecule has 0 spiro atoms. The molecule has 0 heterocycles. The van der Waals surface area contributed by atoms with Crippen LogP contribution in [0.2, 0.25) is 0 Å². The Morgan fingerprint density at radius 1 is 1.35 bits per heavy atom. The van der Waals surface area contributed by atoms with Crippen molar-refractivity contribution >= 4 is 5.78 Å². The van der Waals surface area contributed by atoms with E-state index in [0.29, 0.717) is 5.56 Å². The van der Waals surface area contributed by atoms with Gasteiger partial charge >= 0.3 is 0 Å². The first kappa shape index (κ1) is 13.4. The summed E-state index contributed by atoms with van der Waals surface area (Å²) in [5, 5.41) is 0. The van der Waals surface area contributed by atoms with E-state index < -0.39 is 5.82 Å². The lowest BCUT2D eigenvalue weighted by Crippen LogP contribution is -2.11. The van der Waals surface area contributed by atoms with E-state index in [4.69, 9.17) is 15.2 Å². The average molecular weight is 241 g/mol. The fourth-order valence-electron chi connectivity index (χ4n) is 1.69. The maximum atomic E-state index is 13.7. The molecule has 2 N–H and O–H groups in total. The molecule has 0 saturated heterocycles. The van der Waals surface area contributed by atoms with Crippen LogP contribution >= 0.6 is 0 Å². The van der Waals surface area contributed by atoms with Crippen molar-refractivity contribution in [1.29, 1.82) is 0 Å². The first-order chi connectivity index (χ1) is 8.06. The molecule has 0 aromatic heterocycles. The third kappa shape index (κ3) is 2.55. The molecule has 0 aliphatic rings. The van der Waals surface area contributed by atoms with Crippen LogP contribution in [0.3, 0.4) is 0 Å². The molecule has 0 fully saturated rings. The van der Waals surface area contributed by atoms with Crippen LogP contribution in [-0.4, -0.2) is 26.5 Å². The van der Waals surface area contributed by atoms with Gasteiger partial charge in [-0.05, 0) is 19.5 Å². The molecule has 0 unspecified atom stereocenters. The van der Waals surface area contributed by atoms with Crippen LogP contribution in [0, 0.1) is 12.7 Å². The minimum atomic E-state index is -0.615. The molecule has 0 bridgehead atoms. The fraction of sp³-hybridized carbons (Fsp3) is 0.417. The van der Waals surface area contributed by atoms with Gasteiger partial charge in [-0.15, -0.1) is 0 Å². The van der Waals surface area contributed by atoms with Crippen molar-refractivity contribution in [2.24, 2.45) is 5.73 Å². The Bertz CT molecular complexity index is 432. The zero-order valence-electron chi connectivity index (χ0n) is 10.2. The van der Waals surface area contributed by atoms with Crippen LogP contribution in [-0.2, 0) is 0 Å². The molecule has 0 amide bonds. The summed E-state index contributed by atoms with van der Waals surface area (Å²) in [6, 6.07) is 1.16. The van der Waals surface area contributed by atoms with Crippen molar-refractivity contribution in [3.05, 3.63) is 23.0 Å². The van der Waals surface area contributed by atoms with Crippen molar-refractivity contribution in [1.82, 2.24) is 0 Å². The number of methoxy groups -OCH3 is 2. The highest BCUT2D eigenvalue weighted by Crippen LogP contribution is 2.36. The second-order valence-corrected chi connectivity index (χ2v) is 3.56. The van der Waals surface area contributed by atoms with Crippen molar-refractivity contribution < 1.29 is 18.7 Å². The summed E-state index contributed by atoms with van der Waals surface area (Å²) in [6.45, 7) is 1.92. The van der Waals surface area contributed by atoms with Crippen molar-refractivity contribution in [3.8, 4) is 11.5 Å². The van der Waals surface area contributed by atoms with Crippen LogP contribution in [0.4, 0.5) is 4.39 Å². The van der Waals surface area contributed by atoms with Gasteiger partial charge in [-0.25, -0.2) is 4.39 Å². The van der Waals surface area contributed by atoms with E-state index >= 15 is 0 Å². The summed E-state index contributed by atoms with van der Waals surface area (Å²) in [5.41, 5.74) is 6.15. The number of ketones is 1. The predicted molar refractivity (Wildman–Crippen MR) is 62.2 cm³/mol. The number of hydrogen-bond acceptors (Lipinski definition) is 4. The fourth-order valence-corrected chi connectivity index (χ4v) is 1.69. The van der Waals surface area contributed by atoms with E-state index in [0.717, 1.165) is 6.07 Å². The molecule has 0 atom stereocenters. The molecule has 94 valence electrons. The lowest BCUT2D eigenvalue weighted by Gasteiger charge is -2.14. The number of benzene rings is 1. The van der Waals surface area contributed by atoms with Crippen LogP contribution in [0.15, 0.2) is 6.07 Å². The van der Waals surface area contributed by atoms with E-state index in [9.17, 15) is 9.18 Å². The molecule has 0 aliphatic heterocycles. The summed E-state index contributed by atoms with van der Waals surface area (Å²) < 4.78 is 23.7. The van der Waals surface area contributed by atoms with E-state index in [-0.39, 0.29) is 35.8 Å². The van der Waals surface area contributed by atoms with Gasteiger partial charge in [0.2, 0.25) is 0 Å². The Morgan fingerprint density at radius 2 is 1.94 bits per heavy atom. The number of nitrogens with two attached hydrogens (primary N) is 1. The minimum Gasteiger partial charge on any atom is -0.492 e. The summed E-state index contributed by atoms with van der Waals surface area (Å²) in [5.74, 6) is -0.567. The molecular weight excluding hydrogens is 225 g/mol. The standard InChI is InChI=1S/C12H16FNO3/c1-7-8(10(15)4-5-14)6-9(13)12(17-3)11(7)16-2/h6H,4-5,14H2,1-3H3. The van der Waals surface area contributed by atoms with Gasteiger partial charge in [0.1, 0.15) is 0 Å². The van der Waals surface area contributed by atoms with Crippen LogP contribution < -0.4 is 15.2 Å². The molecule has 4 nitrogen and oxygen atoms in total. The molecule has 0 radical (unpaired) electrons. The van der Waals surface area contributed by atoms with Gasteiger partial charge in [-0.2, -0.15) is 0 Å². The Morgan fingerprint density at radius 3 is 2.41 bits per heavy atom. The monoisotopic (exact) mass is 241 g/mol. The Hall–Kier alpha value is -1.62. The average Bonchev–Trinajstić information content (AvgIpc) is 2.31. The summed E-state index contributed by atoms with van der Waals surface area (Å²) in [7, 11) is 2.75. The van der Waals surface area contributed by atoms with Crippen molar-refractivity contribution in [2.75, 3.05) is 20.8 Å². The van der Waals surface area contributed by atoms with Crippen LogP contribution in [0.5, 0.6) is 11.5 Å². The van der Waals surface area contributed by atoms with Gasteiger partial charge in [0.25, 0.3) is 0 Å². The smallest absolute Gasteiger partial charge is 0.197 e. The van der Waals surface area contributed by atoms with Crippen LogP contribution in [0.1, 0.15) is 22.3 Å². The largest absolute Gasteiger partial charge is 0.492 e. The first-order valence-electron chi connectivity index (χ1n) is 5.21. The highest BCUT2D eigenvalue weighted by Gasteiger charge is 2.20. The second-order valence-electron chi connectivity index (χ2n) is 3.56. The van der Waals surface area contributed by atoms with Gasteiger partial charge in [-0.3, -0.25) is 4.79 Å². The molecule has 5 heteroatoms. The van der Waals surface area contributed by atoms with Gasteiger partial charge in [-0.1, -0.05) is 0 Å². The number of carbonyl (C=O) groups is 1. The van der Waals surface area contributed by atoms with E-state index in [1.54, 1.807) is 6.92 Å². The number of Topliss-reactive ketones (excluding diaryl/α,β-unsaturated/α-hetero) is 1.